The number of hydrogen-bond donors (Lipinski definition) is 2. The molecule has 0 saturated heterocycles. The molecule has 0 amide bonds. The van der Waals surface area contributed by atoms with Crippen LogP contribution in [-0.4, -0.2) is 21.0 Å². The number of H-pyrrole nitrogens is 1. The standard InChI is InChI=1S/C22H27N3O2S/c1-3-5-11-28-19-13-18-20(17(23)12-16(19)4-2)24-21(26)22(27)25(18)14-15-9-7-6-8-10-15/h6-10,23H,3-5,11-14H2,1-2H3,(H,24,26). The molecular formula is C22H27N3O2S. The molecule has 148 valence electrons. The average molecular weight is 398 g/mol. The van der Waals surface area contributed by atoms with Crippen LogP contribution in [0.4, 0.5) is 0 Å². The third kappa shape index (κ3) is 4.38. The van der Waals surface area contributed by atoms with Gasteiger partial charge >= 0.3 is 11.1 Å². The summed E-state index contributed by atoms with van der Waals surface area (Å²) in [5, 5.41) is 8.56. The number of rotatable bonds is 7. The van der Waals surface area contributed by atoms with Crippen LogP contribution in [0.2, 0.25) is 0 Å². The predicted octanol–water partition coefficient (Wildman–Crippen LogP) is 4.10. The van der Waals surface area contributed by atoms with Crippen LogP contribution in [0, 0.1) is 5.41 Å². The Kier molecular flexibility index (Phi) is 6.73. The molecule has 0 saturated carbocycles. The fraction of sp³-hybridized carbons (Fsp3) is 0.409. The molecule has 1 aliphatic rings. The van der Waals surface area contributed by atoms with Crippen molar-refractivity contribution in [3.8, 4) is 0 Å². The van der Waals surface area contributed by atoms with E-state index in [1.54, 1.807) is 4.57 Å². The number of benzene rings is 1. The Labute approximate surface area is 169 Å². The third-order valence-corrected chi connectivity index (χ3v) is 6.37. The van der Waals surface area contributed by atoms with Crippen molar-refractivity contribution in [2.24, 2.45) is 0 Å². The van der Waals surface area contributed by atoms with Gasteiger partial charge in [0.2, 0.25) is 0 Å². The van der Waals surface area contributed by atoms with Gasteiger partial charge in [0, 0.05) is 12.8 Å². The molecule has 3 rings (SSSR count). The van der Waals surface area contributed by atoms with E-state index in [9.17, 15) is 9.59 Å². The molecule has 0 atom stereocenters. The van der Waals surface area contributed by atoms with Gasteiger partial charge in [0.1, 0.15) is 0 Å². The monoisotopic (exact) mass is 397 g/mol. The molecule has 2 N–H and O–H groups in total. The maximum absolute atomic E-state index is 12.7. The summed E-state index contributed by atoms with van der Waals surface area (Å²) in [6.07, 6.45) is 4.27. The lowest BCUT2D eigenvalue weighted by Crippen LogP contribution is -2.40. The molecule has 6 heteroatoms. The van der Waals surface area contributed by atoms with Gasteiger partial charge in [-0.25, -0.2) is 0 Å². The fourth-order valence-electron chi connectivity index (χ4n) is 3.48. The molecule has 1 aromatic carbocycles. The minimum absolute atomic E-state index is 0.341. The number of nitrogens with one attached hydrogen (secondary N) is 2. The second-order valence-corrected chi connectivity index (χ2v) is 8.26. The summed E-state index contributed by atoms with van der Waals surface area (Å²) in [6.45, 7) is 4.63. The largest absolute Gasteiger partial charge is 0.316 e. The predicted molar refractivity (Wildman–Crippen MR) is 117 cm³/mol. The number of aromatic amines is 1. The van der Waals surface area contributed by atoms with Crippen LogP contribution >= 0.6 is 11.8 Å². The molecule has 28 heavy (non-hydrogen) atoms. The van der Waals surface area contributed by atoms with Gasteiger partial charge in [-0.1, -0.05) is 56.2 Å². The maximum atomic E-state index is 12.7. The van der Waals surface area contributed by atoms with Crippen molar-refractivity contribution in [2.75, 3.05) is 5.75 Å². The molecular weight excluding hydrogens is 370 g/mol. The number of hydrogen-bond acceptors (Lipinski definition) is 4. The van der Waals surface area contributed by atoms with Crippen molar-refractivity contribution < 1.29 is 0 Å². The Morgan fingerprint density at radius 2 is 1.89 bits per heavy atom. The maximum Gasteiger partial charge on any atom is 0.316 e. The number of nitrogens with zero attached hydrogens (tertiary/aromatic N) is 1. The number of allylic oxidation sites excluding steroid dienone is 2. The summed E-state index contributed by atoms with van der Waals surface area (Å²) in [4.78, 5) is 28.9. The minimum atomic E-state index is -0.653. The fourth-order valence-corrected chi connectivity index (χ4v) is 4.82. The van der Waals surface area contributed by atoms with Crippen molar-refractivity contribution >= 4 is 17.5 Å². The summed E-state index contributed by atoms with van der Waals surface area (Å²) in [5.74, 6) is 1.03. The molecule has 5 nitrogen and oxygen atoms in total. The van der Waals surface area contributed by atoms with E-state index in [0.29, 0.717) is 30.8 Å². The lowest BCUT2D eigenvalue weighted by molar-refractivity contribution is 0.691. The highest BCUT2D eigenvalue weighted by atomic mass is 32.2. The number of fused-ring (bicyclic) bond motifs is 1. The van der Waals surface area contributed by atoms with E-state index in [2.05, 4.69) is 18.8 Å². The SMILES string of the molecule is CCCCSC1=C(CC)CC(=N)c2[nH]c(=O)c(=O)n(Cc3ccccc3)c2C1. The highest BCUT2D eigenvalue weighted by molar-refractivity contribution is 8.03. The van der Waals surface area contributed by atoms with E-state index in [0.717, 1.165) is 36.3 Å². The van der Waals surface area contributed by atoms with Crippen LogP contribution in [0.1, 0.15) is 56.5 Å². The summed E-state index contributed by atoms with van der Waals surface area (Å²) in [7, 11) is 0. The number of aromatic nitrogens is 2. The van der Waals surface area contributed by atoms with Gasteiger partial charge in [0.25, 0.3) is 0 Å². The number of thioether (sulfide) groups is 1. The van der Waals surface area contributed by atoms with Gasteiger partial charge in [-0.15, -0.1) is 11.8 Å². The molecule has 0 bridgehead atoms. The molecule has 0 fully saturated rings. The Balaban J connectivity index is 2.10. The minimum Gasteiger partial charge on any atom is -0.315 e. The normalized spacial score (nSPS) is 14.1. The highest BCUT2D eigenvalue weighted by Gasteiger charge is 2.24. The van der Waals surface area contributed by atoms with Crippen LogP contribution in [0.5, 0.6) is 0 Å². The molecule has 0 unspecified atom stereocenters. The Hall–Kier alpha value is -2.34. The lowest BCUT2D eigenvalue weighted by Gasteiger charge is -2.16. The number of unbranched alkanes of at least 4 members (excludes halogenated alkanes) is 1. The Morgan fingerprint density at radius 1 is 1.14 bits per heavy atom. The van der Waals surface area contributed by atoms with Crippen molar-refractivity contribution in [3.05, 3.63) is 78.5 Å². The Bertz CT molecular complexity index is 1000. The van der Waals surface area contributed by atoms with E-state index in [4.69, 9.17) is 5.41 Å². The first-order valence-corrected chi connectivity index (χ1v) is 10.8. The van der Waals surface area contributed by atoms with Gasteiger partial charge in [-0.05, 0) is 29.1 Å². The van der Waals surface area contributed by atoms with Crippen molar-refractivity contribution in [1.82, 2.24) is 9.55 Å². The third-order valence-electron chi connectivity index (χ3n) is 5.09. The topological polar surface area (TPSA) is 78.7 Å². The quantitative estimate of drug-likeness (QED) is 0.545. The molecule has 0 radical (unpaired) electrons. The Morgan fingerprint density at radius 3 is 2.57 bits per heavy atom. The first-order chi connectivity index (χ1) is 13.5. The second kappa shape index (κ2) is 9.24. The van der Waals surface area contributed by atoms with Gasteiger partial charge in [-0.3, -0.25) is 9.59 Å². The summed E-state index contributed by atoms with van der Waals surface area (Å²) >= 11 is 1.83. The highest BCUT2D eigenvalue weighted by Crippen LogP contribution is 2.32. The summed E-state index contributed by atoms with van der Waals surface area (Å²) in [5.41, 5.74) is 2.65. The summed E-state index contributed by atoms with van der Waals surface area (Å²) < 4.78 is 1.57. The first-order valence-electron chi connectivity index (χ1n) is 9.86. The van der Waals surface area contributed by atoms with Crippen LogP contribution in [0.25, 0.3) is 0 Å². The first kappa shape index (κ1) is 20.4. The molecule has 0 aliphatic heterocycles. The zero-order valence-corrected chi connectivity index (χ0v) is 17.3. The summed E-state index contributed by atoms with van der Waals surface area (Å²) in [6, 6.07) is 9.68. The van der Waals surface area contributed by atoms with Gasteiger partial charge in [0.05, 0.1) is 23.6 Å². The van der Waals surface area contributed by atoms with Crippen LogP contribution in [-0.2, 0) is 13.0 Å². The zero-order chi connectivity index (χ0) is 20.1. The van der Waals surface area contributed by atoms with E-state index >= 15 is 0 Å². The molecule has 1 heterocycles. The van der Waals surface area contributed by atoms with Crippen LogP contribution < -0.4 is 11.1 Å². The molecule has 2 aromatic rings. The van der Waals surface area contributed by atoms with Crippen molar-refractivity contribution in [2.45, 2.75) is 52.5 Å². The molecule has 1 aromatic heterocycles. The van der Waals surface area contributed by atoms with E-state index in [1.165, 1.54) is 10.5 Å². The van der Waals surface area contributed by atoms with Crippen LogP contribution in [0.3, 0.4) is 0 Å². The van der Waals surface area contributed by atoms with E-state index in [1.807, 2.05) is 42.1 Å². The van der Waals surface area contributed by atoms with Crippen molar-refractivity contribution in [3.63, 3.8) is 0 Å². The van der Waals surface area contributed by atoms with Gasteiger partial charge in [0.15, 0.2) is 0 Å². The average Bonchev–Trinajstić information content (AvgIpc) is 2.83. The smallest absolute Gasteiger partial charge is 0.315 e. The molecule has 1 aliphatic carbocycles. The van der Waals surface area contributed by atoms with Crippen LogP contribution in [0.15, 0.2) is 50.4 Å². The van der Waals surface area contributed by atoms with Gasteiger partial charge < -0.3 is 15.0 Å². The van der Waals surface area contributed by atoms with Crippen molar-refractivity contribution in [1.29, 1.82) is 5.41 Å². The van der Waals surface area contributed by atoms with E-state index in [-0.39, 0.29) is 0 Å². The zero-order valence-electron chi connectivity index (χ0n) is 16.5. The second-order valence-electron chi connectivity index (χ2n) is 7.07. The lowest BCUT2D eigenvalue weighted by atomic mass is 10.1. The van der Waals surface area contributed by atoms with E-state index < -0.39 is 11.1 Å². The molecule has 0 spiro atoms. The van der Waals surface area contributed by atoms with Gasteiger partial charge in [-0.2, -0.15) is 0 Å².